The molecule has 224 valence electrons. The topological polar surface area (TPSA) is 104 Å². The van der Waals surface area contributed by atoms with Gasteiger partial charge in [-0.25, -0.2) is 18.2 Å². The van der Waals surface area contributed by atoms with Crippen LogP contribution < -0.4 is 10.1 Å². The summed E-state index contributed by atoms with van der Waals surface area (Å²) in [7, 11) is 0. The number of hydrogen-bond donors (Lipinski definition) is 3. The lowest BCUT2D eigenvalue weighted by Crippen LogP contribution is -2.43. The SMILES string of the molecule is C=Cc1c(F)ccc2cc(O)cc(-c3nc4c5c(nc(OC[C@@]67CCCN6C[C@H](F)C7)nc5c3F)N[C@@H]([C@@H](C)O)CC4)c12. The van der Waals surface area contributed by atoms with Gasteiger partial charge in [-0.2, -0.15) is 9.97 Å². The number of nitrogens with zero attached hydrogens (tertiary/aromatic N) is 4. The zero-order valence-electron chi connectivity index (χ0n) is 23.7. The fraction of sp³-hybridized carbons (Fsp3) is 0.406. The van der Waals surface area contributed by atoms with Gasteiger partial charge in [0.2, 0.25) is 0 Å². The Morgan fingerprint density at radius 2 is 2.07 bits per heavy atom. The number of aromatic nitrogens is 3. The number of rotatable bonds is 6. The van der Waals surface area contributed by atoms with Gasteiger partial charge in [-0.15, -0.1) is 0 Å². The van der Waals surface area contributed by atoms with E-state index in [-0.39, 0.29) is 46.5 Å². The zero-order valence-corrected chi connectivity index (χ0v) is 23.7. The van der Waals surface area contributed by atoms with Gasteiger partial charge >= 0.3 is 6.01 Å². The number of aromatic hydroxyl groups is 1. The fourth-order valence-corrected chi connectivity index (χ4v) is 7.14. The van der Waals surface area contributed by atoms with E-state index in [9.17, 15) is 19.0 Å². The minimum absolute atomic E-state index is 0.0534. The van der Waals surface area contributed by atoms with Crippen LogP contribution in [0.25, 0.3) is 39.0 Å². The standard InChI is InChI=1S/C32H32F3N5O3/c1-3-20-22(34)6-5-17-11-19(42)12-21(25(17)20)28-27(35)29-26-24(36-28)8-7-23(16(2)41)37-30(26)39-31(38-29)43-15-32-9-4-10-40(32)14-18(33)13-32/h3,5-6,11-12,16,18,23,41-42H,1,4,7-10,13-15H2,2H3,(H,37,38,39)/t16-,18-,23-,32+/m1/s1. The number of aliphatic hydroxyl groups excluding tert-OH is 1. The lowest BCUT2D eigenvalue weighted by atomic mass is 9.95. The first-order valence-electron chi connectivity index (χ1n) is 14.6. The normalized spacial score (nSPS) is 24.1. The summed E-state index contributed by atoms with van der Waals surface area (Å²) in [5.74, 6) is -1.19. The number of benzene rings is 2. The average Bonchev–Trinajstić information content (AvgIpc) is 3.43. The summed E-state index contributed by atoms with van der Waals surface area (Å²) in [6.07, 6.45) is 2.61. The van der Waals surface area contributed by atoms with Gasteiger partial charge in [-0.3, -0.25) is 4.90 Å². The molecule has 4 aromatic rings. The summed E-state index contributed by atoms with van der Waals surface area (Å²) in [6.45, 7) is 6.72. The van der Waals surface area contributed by atoms with Crippen LogP contribution in [-0.4, -0.2) is 73.6 Å². The molecule has 3 aliphatic heterocycles. The third kappa shape index (κ3) is 4.56. The van der Waals surface area contributed by atoms with Crippen LogP contribution in [0.15, 0.2) is 30.8 Å². The van der Waals surface area contributed by atoms with Gasteiger partial charge in [0, 0.05) is 29.5 Å². The number of anilines is 1. The van der Waals surface area contributed by atoms with Gasteiger partial charge in [-0.05, 0) is 62.7 Å². The molecule has 2 fully saturated rings. The lowest BCUT2D eigenvalue weighted by molar-refractivity contribution is 0.107. The summed E-state index contributed by atoms with van der Waals surface area (Å²) < 4.78 is 52.1. The predicted molar refractivity (Wildman–Crippen MR) is 158 cm³/mol. The largest absolute Gasteiger partial charge is 0.508 e. The number of ether oxygens (including phenoxy) is 1. The smallest absolute Gasteiger partial charge is 0.319 e. The van der Waals surface area contributed by atoms with Crippen molar-refractivity contribution in [3.8, 4) is 23.0 Å². The quantitative estimate of drug-likeness (QED) is 0.269. The molecule has 0 aliphatic carbocycles. The molecule has 3 N–H and O–H groups in total. The van der Waals surface area contributed by atoms with E-state index in [0.29, 0.717) is 47.7 Å². The molecular formula is C32H32F3N5O3. The van der Waals surface area contributed by atoms with Crippen LogP contribution in [0.2, 0.25) is 0 Å². The predicted octanol–water partition coefficient (Wildman–Crippen LogP) is 5.53. The van der Waals surface area contributed by atoms with E-state index in [1.165, 1.54) is 30.3 Å². The van der Waals surface area contributed by atoms with Crippen molar-refractivity contribution >= 4 is 33.6 Å². The first-order chi connectivity index (χ1) is 20.7. The van der Waals surface area contributed by atoms with Crippen LogP contribution in [0.1, 0.15) is 43.9 Å². The molecule has 2 aromatic carbocycles. The Hall–Kier alpha value is -3.96. The van der Waals surface area contributed by atoms with Crippen molar-refractivity contribution in [1.29, 1.82) is 0 Å². The van der Waals surface area contributed by atoms with E-state index in [1.807, 2.05) is 0 Å². The highest BCUT2D eigenvalue weighted by Gasteiger charge is 2.49. The van der Waals surface area contributed by atoms with E-state index in [2.05, 4.69) is 26.8 Å². The Labute approximate surface area is 246 Å². The summed E-state index contributed by atoms with van der Waals surface area (Å²) in [5.41, 5.74) is 0.217. The Balaban J connectivity index is 1.41. The van der Waals surface area contributed by atoms with E-state index in [1.54, 1.807) is 6.92 Å². The number of phenolic OH excluding ortho intramolecular Hbond substituents is 1. The summed E-state index contributed by atoms with van der Waals surface area (Å²) >= 11 is 0. The second-order valence-electron chi connectivity index (χ2n) is 12.0. The van der Waals surface area contributed by atoms with Crippen LogP contribution in [-0.2, 0) is 6.42 Å². The van der Waals surface area contributed by atoms with Crippen molar-refractivity contribution in [2.45, 2.75) is 62.9 Å². The van der Waals surface area contributed by atoms with Crippen molar-refractivity contribution in [2.24, 2.45) is 0 Å². The van der Waals surface area contributed by atoms with E-state index >= 15 is 4.39 Å². The third-order valence-electron chi connectivity index (χ3n) is 9.22. The molecular weight excluding hydrogens is 559 g/mol. The molecule has 0 amide bonds. The van der Waals surface area contributed by atoms with Gasteiger partial charge in [0.25, 0.3) is 0 Å². The Bertz CT molecular complexity index is 1780. The molecule has 11 heteroatoms. The number of hydrogen-bond acceptors (Lipinski definition) is 8. The highest BCUT2D eigenvalue weighted by molar-refractivity contribution is 6.04. The fourth-order valence-electron chi connectivity index (χ4n) is 7.14. The second kappa shape index (κ2) is 10.3. The number of aliphatic hydroxyl groups is 1. The molecule has 3 aliphatic rings. The highest BCUT2D eigenvalue weighted by atomic mass is 19.1. The number of nitrogens with one attached hydrogen (secondary N) is 1. The first-order valence-corrected chi connectivity index (χ1v) is 14.6. The number of phenols is 1. The molecule has 5 heterocycles. The Kier molecular flexibility index (Phi) is 6.70. The number of halogens is 3. The molecule has 2 saturated heterocycles. The van der Waals surface area contributed by atoms with Crippen molar-refractivity contribution in [3.63, 3.8) is 0 Å². The van der Waals surface area contributed by atoms with Crippen molar-refractivity contribution in [2.75, 3.05) is 25.0 Å². The van der Waals surface area contributed by atoms with E-state index in [4.69, 9.17) is 9.72 Å². The van der Waals surface area contributed by atoms with Crippen LogP contribution in [0.4, 0.5) is 19.0 Å². The monoisotopic (exact) mass is 591 g/mol. The number of pyridine rings is 1. The van der Waals surface area contributed by atoms with Crippen LogP contribution in [0.5, 0.6) is 11.8 Å². The molecule has 0 radical (unpaired) electrons. The van der Waals surface area contributed by atoms with E-state index < -0.39 is 35.5 Å². The number of fused-ring (bicyclic) bond motifs is 2. The number of aryl methyl sites for hydroxylation is 1. The third-order valence-corrected chi connectivity index (χ3v) is 9.22. The summed E-state index contributed by atoms with van der Waals surface area (Å²) in [5, 5.41) is 25.5. The van der Waals surface area contributed by atoms with Crippen molar-refractivity contribution in [3.05, 3.63) is 53.7 Å². The molecule has 4 atom stereocenters. The molecule has 0 spiro atoms. The van der Waals surface area contributed by atoms with Crippen molar-refractivity contribution in [1.82, 2.24) is 19.9 Å². The molecule has 0 saturated carbocycles. The number of alkyl halides is 1. The maximum Gasteiger partial charge on any atom is 0.319 e. The molecule has 0 unspecified atom stereocenters. The lowest BCUT2D eigenvalue weighted by Gasteiger charge is -2.30. The van der Waals surface area contributed by atoms with Gasteiger partial charge in [-0.1, -0.05) is 18.7 Å². The van der Waals surface area contributed by atoms with Gasteiger partial charge in [0.05, 0.1) is 28.8 Å². The minimum Gasteiger partial charge on any atom is -0.508 e. The first kappa shape index (κ1) is 27.8. The highest BCUT2D eigenvalue weighted by Crippen LogP contribution is 2.42. The van der Waals surface area contributed by atoms with Crippen LogP contribution >= 0.6 is 0 Å². The maximum absolute atomic E-state index is 16.7. The minimum atomic E-state index is -0.935. The van der Waals surface area contributed by atoms with Crippen LogP contribution in [0, 0.1) is 11.6 Å². The van der Waals surface area contributed by atoms with Gasteiger partial charge in [0.15, 0.2) is 5.82 Å². The molecule has 7 rings (SSSR count). The Morgan fingerprint density at radius 3 is 2.86 bits per heavy atom. The van der Waals surface area contributed by atoms with Crippen LogP contribution in [0.3, 0.4) is 0 Å². The van der Waals surface area contributed by atoms with Crippen molar-refractivity contribution < 1.29 is 28.1 Å². The second-order valence-corrected chi connectivity index (χ2v) is 12.0. The average molecular weight is 592 g/mol. The molecule has 2 aromatic heterocycles. The molecule has 43 heavy (non-hydrogen) atoms. The molecule has 8 nitrogen and oxygen atoms in total. The zero-order chi connectivity index (χ0) is 30.0. The summed E-state index contributed by atoms with van der Waals surface area (Å²) in [6, 6.07) is 5.12. The summed E-state index contributed by atoms with van der Waals surface area (Å²) in [4.78, 5) is 15.9. The van der Waals surface area contributed by atoms with Gasteiger partial charge < -0.3 is 20.3 Å². The Morgan fingerprint density at radius 1 is 1.23 bits per heavy atom. The van der Waals surface area contributed by atoms with E-state index in [0.717, 1.165) is 19.4 Å². The molecule has 0 bridgehead atoms. The van der Waals surface area contributed by atoms with Gasteiger partial charge in [0.1, 0.15) is 41.4 Å². The maximum atomic E-state index is 16.7.